The van der Waals surface area contributed by atoms with Crippen molar-refractivity contribution in [1.29, 1.82) is 0 Å². The molecule has 1 fully saturated rings. The molecule has 140 valence electrons. The minimum atomic E-state index is 0.190. The molecule has 0 saturated carbocycles. The molecule has 1 aliphatic rings. The van der Waals surface area contributed by atoms with Crippen molar-refractivity contribution < 1.29 is 4.79 Å². The zero-order valence-corrected chi connectivity index (χ0v) is 16.4. The van der Waals surface area contributed by atoms with Crippen molar-refractivity contribution in [1.82, 2.24) is 15.1 Å². The lowest BCUT2D eigenvalue weighted by Crippen LogP contribution is -2.39. The van der Waals surface area contributed by atoms with Gasteiger partial charge >= 0.3 is 0 Å². The Morgan fingerprint density at radius 2 is 1.88 bits per heavy atom. The molecule has 4 nitrogen and oxygen atoms in total. The third kappa shape index (κ3) is 5.82. The normalized spacial score (nSPS) is 16.0. The van der Waals surface area contributed by atoms with E-state index in [-0.39, 0.29) is 5.91 Å². The average Bonchev–Trinajstić information content (AvgIpc) is 2.64. The molecule has 1 aromatic carbocycles. The number of nitrogens with one attached hydrogen (secondary N) is 1. The van der Waals surface area contributed by atoms with Crippen molar-refractivity contribution in [3.05, 3.63) is 35.4 Å². The first-order valence-corrected chi connectivity index (χ1v) is 9.82. The molecule has 25 heavy (non-hydrogen) atoms. The number of amides is 1. The van der Waals surface area contributed by atoms with Gasteiger partial charge in [-0.3, -0.25) is 9.69 Å². The van der Waals surface area contributed by atoms with Gasteiger partial charge < -0.3 is 10.2 Å². The minimum Gasteiger partial charge on any atom is -0.339 e. The summed E-state index contributed by atoms with van der Waals surface area (Å²) in [6.45, 7) is 11.5. The van der Waals surface area contributed by atoms with Gasteiger partial charge in [-0.2, -0.15) is 0 Å². The van der Waals surface area contributed by atoms with Crippen LogP contribution in [0, 0.1) is 5.92 Å². The van der Waals surface area contributed by atoms with E-state index in [9.17, 15) is 4.79 Å². The molecule has 4 heteroatoms. The molecule has 0 atom stereocenters. The standard InChI is InChI=1S/C21H35N3O/c1-5-23(17(2)3)16-19-6-8-20(9-7-19)21(25)24-14-11-18(12-15-24)10-13-22-4/h6-9,17-18,22H,5,10-16H2,1-4H3. The topological polar surface area (TPSA) is 35.6 Å². The van der Waals surface area contributed by atoms with Gasteiger partial charge in [0.25, 0.3) is 5.91 Å². The maximum absolute atomic E-state index is 12.7. The highest BCUT2D eigenvalue weighted by Gasteiger charge is 2.23. The molecule has 2 rings (SSSR count). The monoisotopic (exact) mass is 345 g/mol. The van der Waals surface area contributed by atoms with Crippen LogP contribution in [0.2, 0.25) is 0 Å². The van der Waals surface area contributed by atoms with E-state index in [0.29, 0.717) is 6.04 Å². The van der Waals surface area contributed by atoms with Gasteiger partial charge in [0.05, 0.1) is 0 Å². The van der Waals surface area contributed by atoms with E-state index in [1.807, 2.05) is 24.1 Å². The van der Waals surface area contributed by atoms with Crippen molar-refractivity contribution in [3.8, 4) is 0 Å². The number of carbonyl (C=O) groups excluding carboxylic acids is 1. The number of carbonyl (C=O) groups is 1. The van der Waals surface area contributed by atoms with E-state index < -0.39 is 0 Å². The third-order valence-electron chi connectivity index (χ3n) is 5.43. The fourth-order valence-corrected chi connectivity index (χ4v) is 3.60. The molecular weight excluding hydrogens is 310 g/mol. The first-order valence-electron chi connectivity index (χ1n) is 9.82. The number of nitrogens with zero attached hydrogens (tertiary/aromatic N) is 2. The van der Waals surface area contributed by atoms with Gasteiger partial charge in [-0.05, 0) is 76.9 Å². The van der Waals surface area contributed by atoms with Crippen LogP contribution in [0.15, 0.2) is 24.3 Å². The lowest BCUT2D eigenvalue weighted by molar-refractivity contribution is 0.0687. The Morgan fingerprint density at radius 3 is 2.40 bits per heavy atom. The van der Waals surface area contributed by atoms with Crippen LogP contribution in [-0.2, 0) is 6.54 Å². The van der Waals surface area contributed by atoms with Gasteiger partial charge in [0, 0.05) is 31.2 Å². The van der Waals surface area contributed by atoms with Gasteiger partial charge in [0.1, 0.15) is 0 Å². The largest absolute Gasteiger partial charge is 0.339 e. The number of piperidine rings is 1. The van der Waals surface area contributed by atoms with E-state index >= 15 is 0 Å². The second kappa shape index (κ2) is 9.93. The van der Waals surface area contributed by atoms with Gasteiger partial charge in [0.15, 0.2) is 0 Å². The van der Waals surface area contributed by atoms with Crippen LogP contribution in [0.1, 0.15) is 56.0 Å². The van der Waals surface area contributed by atoms with Gasteiger partial charge in [-0.1, -0.05) is 19.1 Å². The zero-order valence-electron chi connectivity index (χ0n) is 16.4. The summed E-state index contributed by atoms with van der Waals surface area (Å²) in [7, 11) is 2.00. The van der Waals surface area contributed by atoms with Crippen LogP contribution >= 0.6 is 0 Å². The lowest BCUT2D eigenvalue weighted by Gasteiger charge is -2.32. The Labute approximate surface area is 153 Å². The van der Waals surface area contributed by atoms with Crippen molar-refractivity contribution in [3.63, 3.8) is 0 Å². The highest BCUT2D eigenvalue weighted by Crippen LogP contribution is 2.21. The van der Waals surface area contributed by atoms with Crippen LogP contribution in [-0.4, -0.2) is 55.0 Å². The Kier molecular flexibility index (Phi) is 7.91. The summed E-state index contributed by atoms with van der Waals surface area (Å²) in [5, 5.41) is 3.22. The second-order valence-corrected chi connectivity index (χ2v) is 7.48. The number of likely N-dealkylation sites (tertiary alicyclic amines) is 1. The van der Waals surface area contributed by atoms with Crippen LogP contribution in [0.4, 0.5) is 0 Å². The number of hydrogen-bond donors (Lipinski definition) is 1. The quantitative estimate of drug-likeness (QED) is 0.784. The summed E-state index contributed by atoms with van der Waals surface area (Å²) >= 11 is 0. The molecule has 0 spiro atoms. The average molecular weight is 346 g/mol. The molecule has 0 radical (unpaired) electrons. The summed E-state index contributed by atoms with van der Waals surface area (Å²) < 4.78 is 0. The molecule has 0 aliphatic carbocycles. The Bertz CT molecular complexity index is 518. The summed E-state index contributed by atoms with van der Waals surface area (Å²) in [6.07, 6.45) is 3.48. The number of benzene rings is 1. The molecule has 1 heterocycles. The molecule has 1 aromatic rings. The summed E-state index contributed by atoms with van der Waals surface area (Å²) in [5.74, 6) is 0.949. The van der Waals surface area contributed by atoms with Crippen LogP contribution in [0.25, 0.3) is 0 Å². The summed E-state index contributed by atoms with van der Waals surface area (Å²) in [5.41, 5.74) is 2.10. The predicted octanol–water partition coefficient (Wildman–Crippen LogP) is 3.38. The van der Waals surface area contributed by atoms with Crippen molar-refractivity contribution in [2.75, 3.05) is 33.2 Å². The first kappa shape index (κ1) is 19.9. The summed E-state index contributed by atoms with van der Waals surface area (Å²) in [6, 6.07) is 8.75. The fraction of sp³-hybridized carbons (Fsp3) is 0.667. The maximum atomic E-state index is 12.7. The van der Waals surface area contributed by atoms with Crippen LogP contribution < -0.4 is 5.32 Å². The molecule has 0 unspecified atom stereocenters. The van der Waals surface area contributed by atoms with Crippen molar-refractivity contribution in [2.24, 2.45) is 5.92 Å². The van der Waals surface area contributed by atoms with E-state index in [1.54, 1.807) is 0 Å². The Balaban J connectivity index is 1.88. The number of hydrogen-bond acceptors (Lipinski definition) is 3. The molecular formula is C21H35N3O. The smallest absolute Gasteiger partial charge is 0.253 e. The van der Waals surface area contributed by atoms with Gasteiger partial charge in [0.2, 0.25) is 0 Å². The first-order chi connectivity index (χ1) is 12.0. The highest BCUT2D eigenvalue weighted by molar-refractivity contribution is 5.94. The molecule has 1 amide bonds. The Hall–Kier alpha value is -1.39. The fourth-order valence-electron chi connectivity index (χ4n) is 3.60. The second-order valence-electron chi connectivity index (χ2n) is 7.48. The molecule has 1 aliphatic heterocycles. The van der Waals surface area contributed by atoms with E-state index in [0.717, 1.165) is 57.0 Å². The van der Waals surface area contributed by atoms with E-state index in [2.05, 4.69) is 43.1 Å². The lowest BCUT2D eigenvalue weighted by atomic mass is 9.93. The highest BCUT2D eigenvalue weighted by atomic mass is 16.2. The third-order valence-corrected chi connectivity index (χ3v) is 5.43. The SMILES string of the molecule is CCN(Cc1ccc(C(=O)N2CCC(CCNC)CC2)cc1)C(C)C. The van der Waals surface area contributed by atoms with Gasteiger partial charge in [-0.15, -0.1) is 0 Å². The molecule has 1 saturated heterocycles. The van der Waals surface area contributed by atoms with Crippen molar-refractivity contribution >= 4 is 5.91 Å². The van der Waals surface area contributed by atoms with E-state index in [1.165, 1.54) is 12.0 Å². The van der Waals surface area contributed by atoms with Crippen molar-refractivity contribution in [2.45, 2.75) is 52.6 Å². The minimum absolute atomic E-state index is 0.190. The van der Waals surface area contributed by atoms with Crippen LogP contribution in [0.3, 0.4) is 0 Å². The molecule has 0 bridgehead atoms. The predicted molar refractivity (Wildman–Crippen MR) is 105 cm³/mol. The molecule has 1 N–H and O–H groups in total. The Morgan fingerprint density at radius 1 is 1.24 bits per heavy atom. The maximum Gasteiger partial charge on any atom is 0.253 e. The summed E-state index contributed by atoms with van der Waals surface area (Å²) in [4.78, 5) is 17.2. The molecule has 0 aromatic heterocycles. The van der Waals surface area contributed by atoms with Gasteiger partial charge in [-0.25, -0.2) is 0 Å². The zero-order chi connectivity index (χ0) is 18.2. The van der Waals surface area contributed by atoms with E-state index in [4.69, 9.17) is 0 Å². The van der Waals surface area contributed by atoms with Crippen LogP contribution in [0.5, 0.6) is 0 Å². The number of rotatable bonds is 8.